The SMILES string of the molecule is [C]=O.[C]=O.[Cl-].[Cl-].[Pd+2]. The van der Waals surface area contributed by atoms with Crippen LogP contribution in [-0.2, 0) is 30.0 Å². The molecule has 0 amide bonds. The van der Waals surface area contributed by atoms with Crippen LogP contribution in [0.5, 0.6) is 0 Å². The standard InChI is InChI=1S/2CO.2ClH.Pd/c2*1-2;;;/h;;2*1H;/q;;;;+2/p-2. The molecule has 0 N–H and O–H groups in total. The van der Waals surface area contributed by atoms with Crippen LogP contribution >= 0.6 is 0 Å². The van der Waals surface area contributed by atoms with Gasteiger partial charge in [0.25, 0.3) is 13.6 Å². The number of hydrogen-bond acceptors (Lipinski definition) is 2. The summed E-state index contributed by atoms with van der Waals surface area (Å²) in [6.07, 6.45) is 0. The van der Waals surface area contributed by atoms with Crippen LogP contribution in [0.3, 0.4) is 0 Å². The zero-order chi connectivity index (χ0) is 4.00. The second kappa shape index (κ2) is 605. The Hall–Kier alpha value is 0.582. The van der Waals surface area contributed by atoms with E-state index >= 15 is 0 Å². The monoisotopic (exact) mass is 232 g/mol. The maximum Gasteiger partial charge on any atom is 2.00 e. The first-order valence-electron chi connectivity index (χ1n) is 0.408. The summed E-state index contributed by atoms with van der Waals surface area (Å²) in [5, 5.41) is 0. The van der Waals surface area contributed by atoms with E-state index in [0.717, 1.165) is 0 Å². The first-order valence-corrected chi connectivity index (χ1v) is 0.408. The summed E-state index contributed by atoms with van der Waals surface area (Å²) in [5.41, 5.74) is 0. The van der Waals surface area contributed by atoms with Crippen LogP contribution in [0.2, 0.25) is 0 Å². The Balaban J connectivity index is -0.00000000267. The van der Waals surface area contributed by atoms with E-state index < -0.39 is 0 Å². The van der Waals surface area contributed by atoms with Gasteiger partial charge < -0.3 is 24.8 Å². The van der Waals surface area contributed by atoms with Gasteiger partial charge in [0.2, 0.25) is 0 Å². The fourth-order valence-corrected chi connectivity index (χ4v) is 0. The molecule has 0 bridgehead atoms. The first kappa shape index (κ1) is 49.3. The second-order valence-electron chi connectivity index (χ2n) is 0. The Bertz CT molecular complexity index is 15.7. The van der Waals surface area contributed by atoms with Crippen LogP contribution in [0.1, 0.15) is 0 Å². The molecule has 0 aromatic rings. The molecule has 0 fully saturated rings. The number of halogens is 2. The van der Waals surface area contributed by atoms with Crippen molar-refractivity contribution in [3.63, 3.8) is 0 Å². The molecular weight excluding hydrogens is 233 g/mol. The molecule has 0 aromatic heterocycles. The molecule has 0 rings (SSSR count). The third-order valence-electron chi connectivity index (χ3n) is 0. The normalized spacial score (nSPS) is 1.14. The molecule has 0 saturated heterocycles. The van der Waals surface area contributed by atoms with E-state index in [1.54, 1.807) is 0 Å². The van der Waals surface area contributed by atoms with Gasteiger partial charge in [-0.15, -0.1) is 0 Å². The van der Waals surface area contributed by atoms with Crippen molar-refractivity contribution in [2.24, 2.45) is 0 Å². The molecule has 5 heteroatoms. The van der Waals surface area contributed by atoms with Crippen molar-refractivity contribution in [2.75, 3.05) is 0 Å². The summed E-state index contributed by atoms with van der Waals surface area (Å²) in [5.74, 6) is 0. The average molecular weight is 233 g/mol. The van der Waals surface area contributed by atoms with E-state index in [1.165, 1.54) is 0 Å². The minimum atomic E-state index is 0. The van der Waals surface area contributed by atoms with Gasteiger partial charge in [-0.05, 0) is 0 Å². The third-order valence-corrected chi connectivity index (χ3v) is 0. The van der Waals surface area contributed by atoms with Crippen molar-refractivity contribution >= 4 is 13.6 Å². The van der Waals surface area contributed by atoms with Crippen LogP contribution in [0.4, 0.5) is 0 Å². The number of rotatable bonds is 0. The topological polar surface area (TPSA) is 34.1 Å². The van der Waals surface area contributed by atoms with E-state index in [0.29, 0.717) is 0 Å². The van der Waals surface area contributed by atoms with Gasteiger partial charge in [0, 0.05) is 0 Å². The Morgan fingerprint density at radius 1 is 0.714 bits per heavy atom. The van der Waals surface area contributed by atoms with Crippen LogP contribution in [0.15, 0.2) is 0 Å². The van der Waals surface area contributed by atoms with Gasteiger partial charge in [-0.1, -0.05) is 0 Å². The van der Waals surface area contributed by atoms with E-state index in [2.05, 4.69) is 13.6 Å². The molecule has 44 valence electrons. The van der Waals surface area contributed by atoms with Crippen LogP contribution in [0, 0.1) is 0 Å². The molecule has 0 atom stereocenters. The smallest absolute Gasteiger partial charge is 1.00 e. The molecule has 0 aliphatic rings. The quantitative estimate of drug-likeness (QED) is 0.390. The maximum atomic E-state index is 7.50. The van der Waals surface area contributed by atoms with Gasteiger partial charge in [0.15, 0.2) is 0 Å². The van der Waals surface area contributed by atoms with Gasteiger partial charge >= 0.3 is 20.4 Å². The van der Waals surface area contributed by atoms with Crippen molar-refractivity contribution < 1.29 is 54.8 Å². The second-order valence-corrected chi connectivity index (χ2v) is 0. The predicted octanol–water partition coefficient (Wildman–Crippen LogP) is -6.79. The van der Waals surface area contributed by atoms with Gasteiger partial charge in [-0.3, -0.25) is 9.59 Å². The zero-order valence-corrected chi connectivity index (χ0v) is 5.96. The zero-order valence-electron chi connectivity index (χ0n) is 2.89. The molecule has 7 heavy (non-hydrogen) atoms. The van der Waals surface area contributed by atoms with E-state index in [1.807, 2.05) is 0 Å². The number of hydrogen-bond donors (Lipinski definition) is 0. The molecular formula is C2Cl2O2Pd. The van der Waals surface area contributed by atoms with Crippen molar-refractivity contribution in [2.45, 2.75) is 0 Å². The molecule has 0 aliphatic heterocycles. The average Bonchev–Trinajstić information content (AvgIpc) is 1.50. The Labute approximate surface area is 68.5 Å². The summed E-state index contributed by atoms with van der Waals surface area (Å²) in [6.45, 7) is 9.00. The minimum Gasteiger partial charge on any atom is -1.00 e. The Morgan fingerprint density at radius 3 is 0.714 bits per heavy atom. The minimum absolute atomic E-state index is 0. The molecule has 0 unspecified atom stereocenters. The van der Waals surface area contributed by atoms with Gasteiger partial charge in [0.05, 0.1) is 0 Å². The van der Waals surface area contributed by atoms with E-state index in [-0.39, 0.29) is 45.2 Å². The van der Waals surface area contributed by atoms with Crippen molar-refractivity contribution in [1.29, 1.82) is 0 Å². The summed E-state index contributed by atoms with van der Waals surface area (Å²) in [6, 6.07) is 0. The van der Waals surface area contributed by atoms with Crippen LogP contribution in [0.25, 0.3) is 0 Å². The van der Waals surface area contributed by atoms with Gasteiger partial charge in [-0.2, -0.15) is 0 Å². The van der Waals surface area contributed by atoms with Crippen LogP contribution < -0.4 is 24.8 Å². The van der Waals surface area contributed by atoms with Gasteiger partial charge in [-0.25, -0.2) is 0 Å². The molecule has 0 aliphatic carbocycles. The number of carbonyl (C=O) groups excluding carboxylic acids is 2. The molecule has 0 heterocycles. The predicted molar refractivity (Wildman–Crippen MR) is 11.4 cm³/mol. The molecule has 0 saturated carbocycles. The first-order chi connectivity index (χ1) is 2.00. The third kappa shape index (κ3) is 408. The Morgan fingerprint density at radius 2 is 0.714 bits per heavy atom. The summed E-state index contributed by atoms with van der Waals surface area (Å²) in [4.78, 5) is 15.0. The maximum absolute atomic E-state index is 7.50. The van der Waals surface area contributed by atoms with Crippen molar-refractivity contribution in [3.05, 3.63) is 0 Å². The van der Waals surface area contributed by atoms with E-state index in [9.17, 15) is 0 Å². The summed E-state index contributed by atoms with van der Waals surface area (Å²) in [7, 11) is 0. The van der Waals surface area contributed by atoms with Crippen molar-refractivity contribution in [1.82, 2.24) is 0 Å². The Kier molecular flexibility index (Phi) is 4260. The molecule has 0 aromatic carbocycles. The summed E-state index contributed by atoms with van der Waals surface area (Å²) >= 11 is 0. The van der Waals surface area contributed by atoms with Gasteiger partial charge in [0.1, 0.15) is 0 Å². The van der Waals surface area contributed by atoms with E-state index in [4.69, 9.17) is 9.59 Å². The summed E-state index contributed by atoms with van der Waals surface area (Å²) < 4.78 is 0. The molecule has 2 nitrogen and oxygen atoms in total. The largest absolute Gasteiger partial charge is 2.00 e. The fourth-order valence-electron chi connectivity index (χ4n) is 0. The molecule has 4 radical (unpaired) electrons. The van der Waals surface area contributed by atoms with Crippen molar-refractivity contribution in [3.8, 4) is 0 Å². The molecule has 0 spiro atoms. The van der Waals surface area contributed by atoms with Crippen LogP contribution in [-0.4, -0.2) is 13.6 Å². The fraction of sp³-hybridized carbons (Fsp3) is 0.